The van der Waals surface area contributed by atoms with Crippen molar-refractivity contribution in [3.63, 3.8) is 0 Å². The number of hydrogen-bond acceptors (Lipinski definition) is 4. The molecule has 3 rings (SSSR count). The fraction of sp³-hybridized carbons (Fsp3) is 0.333. The molecule has 2 atom stereocenters. The normalized spacial score (nSPS) is 21.3. The topological polar surface area (TPSA) is 39.2 Å². The van der Waals surface area contributed by atoms with E-state index in [1.165, 1.54) is 11.0 Å². The summed E-state index contributed by atoms with van der Waals surface area (Å²) in [6.07, 6.45) is 10.0. The summed E-state index contributed by atoms with van der Waals surface area (Å²) in [5, 5.41) is 0. The fourth-order valence-corrected chi connectivity index (χ4v) is 3.71. The van der Waals surface area contributed by atoms with Crippen LogP contribution in [0.4, 0.5) is 0 Å². The van der Waals surface area contributed by atoms with E-state index in [-0.39, 0.29) is 18.0 Å². The molecule has 2 unspecified atom stereocenters. The molecule has 22 heavy (non-hydrogen) atoms. The van der Waals surface area contributed by atoms with E-state index in [0.29, 0.717) is 0 Å². The fourth-order valence-electron chi connectivity index (χ4n) is 2.93. The van der Waals surface area contributed by atoms with Crippen molar-refractivity contribution in [3.8, 4) is 0 Å². The predicted octanol–water partition coefficient (Wildman–Crippen LogP) is 4.34. The van der Waals surface area contributed by atoms with Crippen molar-refractivity contribution < 1.29 is 9.53 Å². The van der Waals surface area contributed by atoms with Crippen molar-refractivity contribution in [1.29, 1.82) is 0 Å². The molecule has 1 aliphatic rings. The van der Waals surface area contributed by atoms with Crippen LogP contribution in [0.1, 0.15) is 40.5 Å². The van der Waals surface area contributed by atoms with Gasteiger partial charge in [0.05, 0.1) is 0 Å². The van der Waals surface area contributed by atoms with E-state index in [9.17, 15) is 4.79 Å². The zero-order valence-electron chi connectivity index (χ0n) is 12.6. The van der Waals surface area contributed by atoms with Gasteiger partial charge in [-0.3, -0.25) is 4.98 Å². The van der Waals surface area contributed by atoms with Crippen LogP contribution in [-0.4, -0.2) is 17.1 Å². The minimum atomic E-state index is -0.258. The molecule has 0 radical (unpaired) electrons. The molecule has 0 bridgehead atoms. The Kier molecular flexibility index (Phi) is 4.68. The van der Waals surface area contributed by atoms with Gasteiger partial charge >= 0.3 is 5.97 Å². The molecule has 0 amide bonds. The molecule has 0 aromatic carbocycles. The van der Waals surface area contributed by atoms with E-state index < -0.39 is 0 Å². The minimum Gasteiger partial charge on any atom is -0.459 e. The third kappa shape index (κ3) is 3.63. The standard InChI is InChI=1S/C18H19NO2S/c1-13-7-8-15(22-13)9-10-18(20)21-17-6-2-5-16(17)14-4-3-11-19-12-14/h3-4,7-12,16-17H,2,5-6H2,1H3/b10-9+. The van der Waals surface area contributed by atoms with E-state index in [0.717, 1.165) is 29.7 Å². The van der Waals surface area contributed by atoms with Gasteiger partial charge < -0.3 is 4.74 Å². The molecule has 0 spiro atoms. The maximum atomic E-state index is 12.0. The van der Waals surface area contributed by atoms with Gasteiger partial charge in [0.15, 0.2) is 0 Å². The molecule has 2 aromatic rings. The van der Waals surface area contributed by atoms with Gasteiger partial charge in [-0.15, -0.1) is 11.3 Å². The van der Waals surface area contributed by atoms with Crippen LogP contribution in [0, 0.1) is 6.92 Å². The van der Waals surface area contributed by atoms with Crippen LogP contribution in [0.25, 0.3) is 6.08 Å². The molecule has 0 aliphatic heterocycles. The van der Waals surface area contributed by atoms with E-state index in [1.807, 2.05) is 30.5 Å². The van der Waals surface area contributed by atoms with Crippen molar-refractivity contribution in [3.05, 3.63) is 58.1 Å². The summed E-state index contributed by atoms with van der Waals surface area (Å²) >= 11 is 1.67. The van der Waals surface area contributed by atoms with Gasteiger partial charge in [0.2, 0.25) is 0 Å². The Bertz CT molecular complexity index is 663. The second-order valence-corrected chi connectivity index (χ2v) is 6.90. The lowest BCUT2D eigenvalue weighted by Gasteiger charge is -2.19. The lowest BCUT2D eigenvalue weighted by molar-refractivity contribution is -0.143. The van der Waals surface area contributed by atoms with Crippen LogP contribution < -0.4 is 0 Å². The highest BCUT2D eigenvalue weighted by atomic mass is 32.1. The SMILES string of the molecule is Cc1ccc(/C=C/C(=O)OC2CCCC2c2cccnc2)s1. The van der Waals surface area contributed by atoms with E-state index >= 15 is 0 Å². The Labute approximate surface area is 134 Å². The number of aryl methyl sites for hydroxylation is 1. The van der Waals surface area contributed by atoms with Crippen LogP contribution in [0.15, 0.2) is 42.7 Å². The number of carbonyl (C=O) groups is 1. The van der Waals surface area contributed by atoms with Gasteiger partial charge in [-0.05, 0) is 56.0 Å². The highest BCUT2D eigenvalue weighted by Crippen LogP contribution is 2.36. The molecule has 0 N–H and O–H groups in total. The van der Waals surface area contributed by atoms with Gasteiger partial charge in [-0.25, -0.2) is 4.79 Å². The molecule has 2 heterocycles. The molecule has 1 fully saturated rings. The molecule has 114 valence electrons. The first-order valence-electron chi connectivity index (χ1n) is 7.57. The maximum Gasteiger partial charge on any atom is 0.331 e. The molecule has 0 saturated heterocycles. The van der Waals surface area contributed by atoms with Gasteiger partial charge in [0, 0.05) is 34.1 Å². The second-order valence-electron chi connectivity index (χ2n) is 5.58. The van der Waals surface area contributed by atoms with Crippen LogP contribution in [0.5, 0.6) is 0 Å². The monoisotopic (exact) mass is 313 g/mol. The average molecular weight is 313 g/mol. The van der Waals surface area contributed by atoms with Crippen LogP contribution in [-0.2, 0) is 9.53 Å². The molecular weight excluding hydrogens is 294 g/mol. The summed E-state index contributed by atoms with van der Waals surface area (Å²) in [5.41, 5.74) is 1.16. The largest absolute Gasteiger partial charge is 0.459 e. The van der Waals surface area contributed by atoms with Crippen LogP contribution >= 0.6 is 11.3 Å². The summed E-state index contributed by atoms with van der Waals surface area (Å²) in [7, 11) is 0. The van der Waals surface area contributed by atoms with Gasteiger partial charge in [0.25, 0.3) is 0 Å². The Morgan fingerprint density at radius 3 is 3.00 bits per heavy atom. The van der Waals surface area contributed by atoms with E-state index in [2.05, 4.69) is 18.0 Å². The molecule has 4 heteroatoms. The highest BCUT2D eigenvalue weighted by molar-refractivity contribution is 7.12. The number of nitrogens with zero attached hydrogens (tertiary/aromatic N) is 1. The Hall–Kier alpha value is -1.94. The van der Waals surface area contributed by atoms with Crippen LogP contribution in [0.2, 0.25) is 0 Å². The van der Waals surface area contributed by atoms with Crippen molar-refractivity contribution in [2.75, 3.05) is 0 Å². The molecule has 2 aromatic heterocycles. The maximum absolute atomic E-state index is 12.0. The van der Waals surface area contributed by atoms with E-state index in [1.54, 1.807) is 17.5 Å². The number of pyridine rings is 1. The van der Waals surface area contributed by atoms with Crippen molar-refractivity contribution >= 4 is 23.4 Å². The summed E-state index contributed by atoms with van der Waals surface area (Å²) in [4.78, 5) is 18.5. The number of carbonyl (C=O) groups excluding carboxylic acids is 1. The Balaban J connectivity index is 1.62. The zero-order valence-corrected chi connectivity index (χ0v) is 13.4. The minimum absolute atomic E-state index is 0.0357. The summed E-state index contributed by atoms with van der Waals surface area (Å²) in [6.45, 7) is 2.05. The van der Waals surface area contributed by atoms with Crippen molar-refractivity contribution in [1.82, 2.24) is 4.98 Å². The smallest absolute Gasteiger partial charge is 0.331 e. The Morgan fingerprint density at radius 2 is 2.27 bits per heavy atom. The van der Waals surface area contributed by atoms with Crippen LogP contribution in [0.3, 0.4) is 0 Å². The van der Waals surface area contributed by atoms with Gasteiger partial charge in [-0.2, -0.15) is 0 Å². The average Bonchev–Trinajstić information content (AvgIpc) is 3.15. The highest BCUT2D eigenvalue weighted by Gasteiger charge is 2.31. The molecule has 1 saturated carbocycles. The van der Waals surface area contributed by atoms with Crippen molar-refractivity contribution in [2.24, 2.45) is 0 Å². The predicted molar refractivity (Wildman–Crippen MR) is 88.8 cm³/mol. The van der Waals surface area contributed by atoms with Crippen molar-refractivity contribution in [2.45, 2.75) is 38.2 Å². The number of ether oxygens (including phenoxy) is 1. The summed E-state index contributed by atoms with van der Waals surface area (Å²) < 4.78 is 5.66. The third-order valence-corrected chi connectivity index (χ3v) is 4.94. The summed E-state index contributed by atoms with van der Waals surface area (Å²) in [6, 6.07) is 8.06. The number of rotatable bonds is 4. The lowest BCUT2D eigenvalue weighted by atomic mass is 9.97. The van der Waals surface area contributed by atoms with Gasteiger partial charge in [-0.1, -0.05) is 6.07 Å². The first kappa shape index (κ1) is 15.0. The number of aromatic nitrogens is 1. The lowest BCUT2D eigenvalue weighted by Crippen LogP contribution is -2.20. The first-order valence-corrected chi connectivity index (χ1v) is 8.39. The quantitative estimate of drug-likeness (QED) is 0.622. The number of hydrogen-bond donors (Lipinski definition) is 0. The van der Waals surface area contributed by atoms with Gasteiger partial charge in [0.1, 0.15) is 6.10 Å². The molecular formula is C18H19NO2S. The molecule has 1 aliphatic carbocycles. The number of esters is 1. The third-order valence-electron chi connectivity index (χ3n) is 3.98. The van der Waals surface area contributed by atoms with E-state index in [4.69, 9.17) is 4.74 Å². The second kappa shape index (κ2) is 6.88. The Morgan fingerprint density at radius 1 is 1.36 bits per heavy atom. The summed E-state index contributed by atoms with van der Waals surface area (Å²) in [5.74, 6) is 0.0156. The number of thiophene rings is 1. The zero-order chi connectivity index (χ0) is 15.4. The first-order chi connectivity index (χ1) is 10.7. The molecule has 3 nitrogen and oxygen atoms in total.